The number of carbonyl (C=O) groups excluding carboxylic acids is 1. The summed E-state index contributed by atoms with van der Waals surface area (Å²) in [5, 5.41) is 0. The van der Waals surface area contributed by atoms with Crippen LogP contribution in [0.4, 0.5) is 8.78 Å². The molecular weight excluding hydrogens is 322 g/mol. The summed E-state index contributed by atoms with van der Waals surface area (Å²) in [6.45, 7) is 2.12. The Labute approximate surface area is 137 Å². The summed E-state index contributed by atoms with van der Waals surface area (Å²) in [6.07, 6.45) is 0.534. The number of carbonyl (C=O) groups is 1. The Bertz CT molecular complexity index is 659. The van der Waals surface area contributed by atoms with E-state index in [-0.39, 0.29) is 24.7 Å². The zero-order valence-electron chi connectivity index (χ0n) is 12.6. The molecule has 0 atom stereocenters. The van der Waals surface area contributed by atoms with Crippen LogP contribution in [0.5, 0.6) is 5.75 Å². The van der Waals surface area contributed by atoms with E-state index in [2.05, 4.69) is 0 Å². The van der Waals surface area contributed by atoms with Gasteiger partial charge in [0.05, 0.1) is 18.6 Å². The average molecular weight is 338 g/mol. The zero-order chi connectivity index (χ0) is 16.7. The molecule has 0 unspecified atom stereocenters. The van der Waals surface area contributed by atoms with Crippen LogP contribution in [0.2, 0.25) is 0 Å². The van der Waals surface area contributed by atoms with Gasteiger partial charge in [-0.25, -0.2) is 8.78 Å². The maximum atomic E-state index is 13.3. The second kappa shape index (κ2) is 8.53. The second-order valence-electron chi connectivity index (χ2n) is 4.88. The molecular formula is C17H16F2O3S. The summed E-state index contributed by atoms with van der Waals surface area (Å²) in [6, 6.07) is 10.7. The maximum absolute atomic E-state index is 13.3. The molecule has 2 aromatic rings. The molecule has 0 aliphatic heterocycles. The zero-order valence-corrected chi connectivity index (χ0v) is 13.4. The minimum absolute atomic E-state index is 0.0335. The highest BCUT2D eigenvalue weighted by Crippen LogP contribution is 2.21. The van der Waals surface area contributed by atoms with Gasteiger partial charge in [0.25, 0.3) is 0 Å². The van der Waals surface area contributed by atoms with Crippen LogP contribution in [0.15, 0.2) is 47.4 Å². The molecule has 6 heteroatoms. The van der Waals surface area contributed by atoms with E-state index in [4.69, 9.17) is 8.92 Å². The highest BCUT2D eigenvalue weighted by atomic mass is 32.2. The molecule has 23 heavy (non-hydrogen) atoms. The van der Waals surface area contributed by atoms with Crippen molar-refractivity contribution in [3.05, 3.63) is 59.7 Å². The first-order chi connectivity index (χ1) is 11.0. The summed E-state index contributed by atoms with van der Waals surface area (Å²) >= 11 is 1.00. The molecule has 0 aliphatic rings. The number of rotatable bonds is 7. The number of hydrogen-bond donors (Lipinski definition) is 0. The van der Waals surface area contributed by atoms with Gasteiger partial charge >= 0.3 is 5.97 Å². The van der Waals surface area contributed by atoms with Gasteiger partial charge in [0, 0.05) is 17.4 Å². The lowest BCUT2D eigenvalue weighted by molar-refractivity contribution is -0.133. The Kier molecular flexibility index (Phi) is 6.40. The van der Waals surface area contributed by atoms with Crippen molar-refractivity contribution in [1.29, 1.82) is 0 Å². The molecule has 2 rings (SSSR count). The summed E-state index contributed by atoms with van der Waals surface area (Å²) in [4.78, 5) is 12.4. The molecule has 0 heterocycles. The van der Waals surface area contributed by atoms with Crippen molar-refractivity contribution in [2.24, 2.45) is 0 Å². The molecule has 0 radical (unpaired) electrons. The molecule has 3 nitrogen and oxygen atoms in total. The summed E-state index contributed by atoms with van der Waals surface area (Å²) in [5.74, 6) is -1.83. The van der Waals surface area contributed by atoms with Gasteiger partial charge < -0.3 is 8.92 Å². The molecule has 2 aromatic carbocycles. The Hall–Kier alpha value is -2.08. The van der Waals surface area contributed by atoms with Crippen LogP contribution in [-0.4, -0.2) is 12.6 Å². The highest BCUT2D eigenvalue weighted by Gasteiger charge is 2.07. The monoisotopic (exact) mass is 338 g/mol. The Morgan fingerprint density at radius 3 is 2.57 bits per heavy atom. The van der Waals surface area contributed by atoms with Crippen LogP contribution < -0.4 is 4.74 Å². The molecule has 122 valence electrons. The van der Waals surface area contributed by atoms with Crippen molar-refractivity contribution in [3.63, 3.8) is 0 Å². The fourth-order valence-electron chi connectivity index (χ4n) is 1.72. The first-order valence-corrected chi connectivity index (χ1v) is 7.80. The van der Waals surface area contributed by atoms with Gasteiger partial charge in [-0.15, -0.1) is 0 Å². The molecule has 0 aromatic heterocycles. The van der Waals surface area contributed by atoms with Crippen LogP contribution in [0, 0.1) is 18.6 Å². The molecule has 0 bridgehead atoms. The second-order valence-corrected chi connectivity index (χ2v) is 5.68. The Morgan fingerprint density at radius 1 is 1.13 bits per heavy atom. The molecule has 0 saturated heterocycles. The molecule has 0 spiro atoms. The topological polar surface area (TPSA) is 35.5 Å². The van der Waals surface area contributed by atoms with E-state index >= 15 is 0 Å². The van der Waals surface area contributed by atoms with E-state index in [0.717, 1.165) is 34.6 Å². The molecule has 0 N–H and O–H groups in total. The highest BCUT2D eigenvalue weighted by molar-refractivity contribution is 7.95. The lowest BCUT2D eigenvalue weighted by atomic mass is 10.2. The van der Waals surface area contributed by atoms with Gasteiger partial charge in [0.1, 0.15) is 5.82 Å². The number of hydrogen-bond acceptors (Lipinski definition) is 4. The first kappa shape index (κ1) is 17.3. The quantitative estimate of drug-likeness (QED) is 0.542. The van der Waals surface area contributed by atoms with E-state index in [1.807, 2.05) is 31.2 Å². The standard InChI is InChI=1S/C17H16F2O3S/c1-12-4-7-14(8-5-12)23-22-17(20)3-2-10-21-16-9-6-13(18)11-15(16)19/h4-9,11H,2-3,10H2,1H3. The summed E-state index contributed by atoms with van der Waals surface area (Å²) in [5.41, 5.74) is 1.13. The Balaban J connectivity index is 1.65. The van der Waals surface area contributed by atoms with E-state index in [9.17, 15) is 13.6 Å². The number of aryl methyl sites for hydroxylation is 1. The summed E-state index contributed by atoms with van der Waals surface area (Å²) < 4.78 is 36.3. The molecule has 0 fully saturated rings. The third-order valence-electron chi connectivity index (χ3n) is 2.93. The fourth-order valence-corrected chi connectivity index (χ4v) is 2.24. The predicted octanol–water partition coefficient (Wildman–Crippen LogP) is 4.68. The van der Waals surface area contributed by atoms with Crippen LogP contribution in [-0.2, 0) is 8.98 Å². The fraction of sp³-hybridized carbons (Fsp3) is 0.235. The predicted molar refractivity (Wildman–Crippen MR) is 84.2 cm³/mol. The van der Waals surface area contributed by atoms with Gasteiger partial charge in [0.15, 0.2) is 11.6 Å². The van der Waals surface area contributed by atoms with Crippen molar-refractivity contribution in [2.75, 3.05) is 6.61 Å². The van der Waals surface area contributed by atoms with E-state index in [0.29, 0.717) is 6.42 Å². The van der Waals surface area contributed by atoms with Crippen molar-refractivity contribution < 1.29 is 22.5 Å². The average Bonchev–Trinajstić information content (AvgIpc) is 2.52. The lowest BCUT2D eigenvalue weighted by Crippen LogP contribution is -2.04. The molecule has 0 amide bonds. The normalized spacial score (nSPS) is 10.4. The van der Waals surface area contributed by atoms with E-state index in [1.54, 1.807) is 0 Å². The van der Waals surface area contributed by atoms with Crippen molar-refractivity contribution in [2.45, 2.75) is 24.7 Å². The van der Waals surface area contributed by atoms with Gasteiger partial charge in [-0.05, 0) is 37.6 Å². The van der Waals surface area contributed by atoms with Crippen LogP contribution in [0.25, 0.3) is 0 Å². The van der Waals surface area contributed by atoms with Crippen molar-refractivity contribution in [3.8, 4) is 5.75 Å². The van der Waals surface area contributed by atoms with E-state index in [1.165, 1.54) is 6.07 Å². The minimum atomic E-state index is -0.762. The number of benzene rings is 2. The van der Waals surface area contributed by atoms with Gasteiger partial charge in [-0.1, -0.05) is 17.7 Å². The van der Waals surface area contributed by atoms with E-state index < -0.39 is 11.6 Å². The van der Waals surface area contributed by atoms with Crippen LogP contribution in [0.1, 0.15) is 18.4 Å². The largest absolute Gasteiger partial charge is 0.491 e. The van der Waals surface area contributed by atoms with Gasteiger partial charge in [-0.2, -0.15) is 0 Å². The van der Waals surface area contributed by atoms with Crippen molar-refractivity contribution >= 4 is 18.0 Å². The third kappa shape index (κ3) is 5.90. The van der Waals surface area contributed by atoms with Crippen molar-refractivity contribution in [1.82, 2.24) is 0 Å². The smallest absolute Gasteiger partial charge is 0.318 e. The Morgan fingerprint density at radius 2 is 1.87 bits per heavy atom. The lowest BCUT2D eigenvalue weighted by Gasteiger charge is -2.07. The van der Waals surface area contributed by atoms with Crippen LogP contribution in [0.3, 0.4) is 0 Å². The third-order valence-corrected chi connectivity index (χ3v) is 3.66. The van der Waals surface area contributed by atoms with Gasteiger partial charge in [0.2, 0.25) is 0 Å². The summed E-state index contributed by atoms with van der Waals surface area (Å²) in [7, 11) is 0. The first-order valence-electron chi connectivity index (χ1n) is 7.06. The van der Waals surface area contributed by atoms with Gasteiger partial charge in [-0.3, -0.25) is 4.79 Å². The number of halogens is 2. The maximum Gasteiger partial charge on any atom is 0.318 e. The molecule has 0 aliphatic carbocycles. The SMILES string of the molecule is Cc1ccc(SOC(=O)CCCOc2ccc(F)cc2F)cc1. The minimum Gasteiger partial charge on any atom is -0.491 e. The molecule has 0 saturated carbocycles. The number of ether oxygens (including phenoxy) is 1. The van der Waals surface area contributed by atoms with Crippen LogP contribution >= 0.6 is 12.0 Å².